The van der Waals surface area contributed by atoms with E-state index in [1.165, 1.54) is 16.2 Å². The summed E-state index contributed by atoms with van der Waals surface area (Å²) < 4.78 is 0. The average molecular weight is 464 g/mol. The van der Waals surface area contributed by atoms with Crippen molar-refractivity contribution in [2.45, 2.75) is 5.25 Å². The van der Waals surface area contributed by atoms with Gasteiger partial charge in [-0.05, 0) is 47.5 Å². The molecule has 3 nitrogen and oxygen atoms in total. The monoisotopic (exact) mass is 463 g/mol. The number of thiophene rings is 1. The molecule has 3 rings (SSSR count). The van der Waals surface area contributed by atoms with Gasteiger partial charge >= 0.3 is 0 Å². The summed E-state index contributed by atoms with van der Waals surface area (Å²) in [5.74, 6) is 0.207. The smallest absolute Gasteiger partial charge is 0.263 e. The number of halogens is 2. The first-order valence-corrected chi connectivity index (χ1v) is 11.4. The number of thioether (sulfide) groups is 1. The van der Waals surface area contributed by atoms with Crippen molar-refractivity contribution >= 4 is 58.0 Å². The van der Waals surface area contributed by atoms with Crippen molar-refractivity contribution in [3.8, 4) is 0 Å². The molecule has 0 atom stereocenters. The highest BCUT2D eigenvalue weighted by molar-refractivity contribution is 8.00. The van der Waals surface area contributed by atoms with Crippen molar-refractivity contribution < 1.29 is 9.59 Å². The van der Waals surface area contributed by atoms with Crippen LogP contribution in [0.25, 0.3) is 0 Å². The van der Waals surface area contributed by atoms with E-state index >= 15 is 0 Å². The normalized spacial score (nSPS) is 10.9. The quantitative estimate of drug-likeness (QED) is 0.377. The first-order valence-electron chi connectivity index (χ1n) is 8.82. The predicted molar refractivity (Wildman–Crippen MR) is 124 cm³/mol. The molecule has 0 saturated heterocycles. The topological polar surface area (TPSA) is 37.4 Å². The van der Waals surface area contributed by atoms with E-state index in [0.29, 0.717) is 25.6 Å². The van der Waals surface area contributed by atoms with E-state index in [-0.39, 0.29) is 16.9 Å². The van der Waals surface area contributed by atoms with Gasteiger partial charge in [0.15, 0.2) is 5.78 Å². The van der Waals surface area contributed by atoms with Crippen LogP contribution >= 0.6 is 46.3 Å². The Morgan fingerprint density at radius 3 is 1.83 bits per heavy atom. The SMILES string of the molecule is CN(C)C(=O)c1ccc(C(=O)CSC(c2ccc(Cl)cc2)c2ccc(Cl)cc2)s1. The van der Waals surface area contributed by atoms with Gasteiger partial charge in [-0.25, -0.2) is 0 Å². The Morgan fingerprint density at radius 1 is 0.862 bits per heavy atom. The predicted octanol–water partition coefficient (Wildman–Crippen LogP) is 6.46. The first-order chi connectivity index (χ1) is 13.8. The van der Waals surface area contributed by atoms with Crippen LogP contribution in [-0.2, 0) is 0 Å². The zero-order valence-corrected chi connectivity index (χ0v) is 19.0. The summed E-state index contributed by atoms with van der Waals surface area (Å²) in [7, 11) is 3.39. The Kier molecular flexibility index (Phi) is 7.41. The molecule has 0 N–H and O–H groups in total. The molecular weight excluding hydrogens is 445 g/mol. The Hall–Kier alpha value is -1.79. The minimum Gasteiger partial charge on any atom is -0.344 e. The Balaban J connectivity index is 1.78. The van der Waals surface area contributed by atoms with Crippen LogP contribution in [0.5, 0.6) is 0 Å². The van der Waals surface area contributed by atoms with Crippen LogP contribution in [0.15, 0.2) is 60.7 Å². The lowest BCUT2D eigenvalue weighted by atomic mass is 10.0. The number of ketones is 1. The number of nitrogens with zero attached hydrogens (tertiary/aromatic N) is 1. The van der Waals surface area contributed by atoms with E-state index in [1.54, 1.807) is 38.0 Å². The molecule has 7 heteroatoms. The van der Waals surface area contributed by atoms with E-state index in [4.69, 9.17) is 23.2 Å². The molecule has 0 spiro atoms. The molecule has 0 aliphatic carbocycles. The molecule has 3 aromatic rings. The third-order valence-corrected chi connectivity index (χ3v) is 7.15. The highest BCUT2D eigenvalue weighted by atomic mass is 35.5. The molecule has 0 aliphatic rings. The van der Waals surface area contributed by atoms with Gasteiger partial charge in [-0.2, -0.15) is 0 Å². The molecule has 0 bridgehead atoms. The van der Waals surface area contributed by atoms with Crippen LogP contribution in [0.2, 0.25) is 10.0 Å². The molecule has 0 radical (unpaired) electrons. The largest absolute Gasteiger partial charge is 0.344 e. The maximum Gasteiger partial charge on any atom is 0.263 e. The fourth-order valence-electron chi connectivity index (χ4n) is 2.71. The summed E-state index contributed by atoms with van der Waals surface area (Å²) in [6.07, 6.45) is 0. The highest BCUT2D eigenvalue weighted by Gasteiger charge is 2.19. The van der Waals surface area contributed by atoms with E-state index < -0.39 is 0 Å². The van der Waals surface area contributed by atoms with Crippen LogP contribution in [-0.4, -0.2) is 36.4 Å². The lowest BCUT2D eigenvalue weighted by Gasteiger charge is -2.17. The van der Waals surface area contributed by atoms with Gasteiger partial charge in [-0.1, -0.05) is 47.5 Å². The first kappa shape index (κ1) is 21.9. The van der Waals surface area contributed by atoms with E-state index in [0.717, 1.165) is 11.1 Å². The zero-order chi connectivity index (χ0) is 21.0. The zero-order valence-electron chi connectivity index (χ0n) is 15.9. The second-order valence-electron chi connectivity index (χ2n) is 6.58. The number of amides is 1. The Bertz CT molecular complexity index is 953. The number of rotatable bonds is 7. The molecule has 1 heterocycles. The lowest BCUT2D eigenvalue weighted by molar-refractivity contribution is 0.0832. The van der Waals surface area contributed by atoms with Crippen LogP contribution in [0.4, 0.5) is 0 Å². The van der Waals surface area contributed by atoms with Crippen molar-refractivity contribution in [2.24, 2.45) is 0 Å². The van der Waals surface area contributed by atoms with Crippen LogP contribution in [0, 0.1) is 0 Å². The molecule has 0 saturated carbocycles. The maximum atomic E-state index is 12.7. The van der Waals surface area contributed by atoms with Gasteiger partial charge in [-0.3, -0.25) is 9.59 Å². The van der Waals surface area contributed by atoms with Crippen molar-refractivity contribution in [3.05, 3.63) is 91.6 Å². The van der Waals surface area contributed by atoms with E-state index in [9.17, 15) is 9.59 Å². The number of hydrogen-bond acceptors (Lipinski definition) is 4. The van der Waals surface area contributed by atoms with Gasteiger partial charge in [0, 0.05) is 24.1 Å². The number of hydrogen-bond donors (Lipinski definition) is 0. The molecule has 2 aromatic carbocycles. The van der Waals surface area contributed by atoms with Gasteiger partial charge < -0.3 is 4.90 Å². The van der Waals surface area contributed by atoms with Crippen molar-refractivity contribution in [2.75, 3.05) is 19.8 Å². The minimum absolute atomic E-state index is 0.00531. The lowest BCUT2D eigenvalue weighted by Crippen LogP contribution is -2.20. The molecular formula is C22H19Cl2NO2S2. The van der Waals surface area contributed by atoms with Gasteiger partial charge in [0.05, 0.1) is 20.8 Å². The molecule has 0 fully saturated rings. The summed E-state index contributed by atoms with van der Waals surface area (Å²) in [5.41, 5.74) is 2.12. The summed E-state index contributed by atoms with van der Waals surface area (Å²) in [4.78, 5) is 27.5. The number of carbonyl (C=O) groups excluding carboxylic acids is 2. The van der Waals surface area contributed by atoms with Crippen LogP contribution in [0.3, 0.4) is 0 Å². The fraction of sp³-hybridized carbons (Fsp3) is 0.182. The maximum absolute atomic E-state index is 12.7. The van der Waals surface area contributed by atoms with E-state index in [2.05, 4.69) is 0 Å². The Labute approximate surface area is 188 Å². The molecule has 1 aromatic heterocycles. The van der Waals surface area contributed by atoms with Crippen molar-refractivity contribution in [3.63, 3.8) is 0 Å². The molecule has 150 valence electrons. The summed E-state index contributed by atoms with van der Waals surface area (Å²) in [6, 6.07) is 18.7. The Morgan fingerprint density at radius 2 is 1.34 bits per heavy atom. The number of benzene rings is 2. The van der Waals surface area contributed by atoms with Gasteiger partial charge in [0.25, 0.3) is 5.91 Å². The van der Waals surface area contributed by atoms with Crippen molar-refractivity contribution in [1.29, 1.82) is 0 Å². The summed E-state index contributed by atoms with van der Waals surface area (Å²) in [5, 5.41) is 1.30. The summed E-state index contributed by atoms with van der Waals surface area (Å²) in [6.45, 7) is 0. The standard InChI is InChI=1S/C22H19Cl2NO2S2/c1-25(2)22(27)20-12-11-19(29-20)18(26)13-28-21(14-3-7-16(23)8-4-14)15-5-9-17(24)10-6-15/h3-12,21H,13H2,1-2H3. The number of Topliss-reactive ketones (excluding diaryl/α,β-unsaturated/α-hetero) is 1. The molecule has 1 amide bonds. The fourth-order valence-corrected chi connectivity index (χ4v) is 5.19. The van der Waals surface area contributed by atoms with Crippen molar-refractivity contribution in [1.82, 2.24) is 4.90 Å². The highest BCUT2D eigenvalue weighted by Crippen LogP contribution is 2.37. The average Bonchev–Trinajstić information content (AvgIpc) is 3.20. The summed E-state index contributed by atoms with van der Waals surface area (Å²) >= 11 is 14.8. The van der Waals surface area contributed by atoms with E-state index in [1.807, 2.05) is 48.5 Å². The van der Waals surface area contributed by atoms with Gasteiger partial charge in [0.2, 0.25) is 0 Å². The van der Waals surface area contributed by atoms with Crippen LogP contribution < -0.4 is 0 Å². The minimum atomic E-state index is -0.0955. The van der Waals surface area contributed by atoms with Crippen LogP contribution in [0.1, 0.15) is 35.7 Å². The molecule has 29 heavy (non-hydrogen) atoms. The second-order valence-corrected chi connectivity index (χ2v) is 9.63. The number of carbonyl (C=O) groups is 2. The van der Waals surface area contributed by atoms with Gasteiger partial charge in [0.1, 0.15) is 0 Å². The third kappa shape index (κ3) is 5.64. The molecule has 0 aliphatic heterocycles. The third-order valence-electron chi connectivity index (χ3n) is 4.22. The second kappa shape index (κ2) is 9.81. The molecule has 0 unspecified atom stereocenters. The van der Waals surface area contributed by atoms with Gasteiger partial charge in [-0.15, -0.1) is 23.1 Å².